The molecule has 4 atom stereocenters. The van der Waals surface area contributed by atoms with Crippen LogP contribution in [0.15, 0.2) is 54.3 Å². The molecule has 9 rings (SSSR count). The van der Waals surface area contributed by atoms with Crippen LogP contribution in [0.25, 0.3) is 21.6 Å². The number of Topliss-reactive ketones (excluding diaryl/α,β-unsaturated/α-hetero) is 1. The Morgan fingerprint density at radius 2 is 1.61 bits per heavy atom. The number of urea groups is 1. The fourth-order valence-electron chi connectivity index (χ4n) is 12.2. The zero-order valence-electron chi connectivity index (χ0n) is 46.5. The van der Waals surface area contributed by atoms with Crippen molar-refractivity contribution in [2.75, 3.05) is 38.1 Å². The van der Waals surface area contributed by atoms with E-state index in [0.29, 0.717) is 87.5 Å². The summed E-state index contributed by atoms with van der Waals surface area (Å²) in [5.41, 5.74) is 8.83. The number of rotatable bonds is 19. The molecule has 2 fully saturated rings. The van der Waals surface area contributed by atoms with E-state index in [4.69, 9.17) is 5.10 Å². The Morgan fingerprint density at radius 3 is 2.28 bits per heavy atom. The van der Waals surface area contributed by atoms with E-state index < -0.39 is 35.8 Å². The normalized spacial score (nSPS) is 19.1. The number of carbonyl (C=O) groups is 5. The fourth-order valence-corrected chi connectivity index (χ4v) is 13.0. The van der Waals surface area contributed by atoms with E-state index in [1.165, 1.54) is 0 Å². The summed E-state index contributed by atoms with van der Waals surface area (Å²) >= 11 is 1.58. The van der Waals surface area contributed by atoms with E-state index in [1.54, 1.807) is 53.5 Å². The number of hydrogen-bond donors (Lipinski definition) is 4. The number of aliphatic hydroxyl groups excluding tert-OH is 1. The Bertz CT molecular complexity index is 2990. The predicted molar refractivity (Wildman–Crippen MR) is 300 cm³/mol. The van der Waals surface area contributed by atoms with Crippen LogP contribution in [0.2, 0.25) is 0 Å². The fraction of sp³-hybridized carbons (Fsp3) is 0.559. The highest BCUT2D eigenvalue weighted by Gasteiger charge is 2.47. The van der Waals surface area contributed by atoms with E-state index in [0.717, 1.165) is 77.0 Å². The number of thiazole rings is 1. The lowest BCUT2D eigenvalue weighted by molar-refractivity contribution is -0.137. The molecule has 20 heteroatoms. The summed E-state index contributed by atoms with van der Waals surface area (Å²) in [6.45, 7) is 10.6. The van der Waals surface area contributed by atoms with Crippen molar-refractivity contribution in [2.45, 2.75) is 155 Å². The number of amides is 5. The van der Waals surface area contributed by atoms with E-state index in [2.05, 4.69) is 35.6 Å². The number of hydrogen-bond acceptors (Lipinski definition) is 11. The van der Waals surface area contributed by atoms with Crippen molar-refractivity contribution in [2.24, 2.45) is 24.3 Å². The molecule has 0 spiro atoms. The average Bonchev–Trinajstić information content (AvgIpc) is 4.45. The Morgan fingerprint density at radius 1 is 0.886 bits per heavy atom. The highest BCUT2D eigenvalue weighted by atomic mass is 32.1. The number of ketones is 1. The van der Waals surface area contributed by atoms with Crippen molar-refractivity contribution < 1.29 is 37.9 Å². The number of aliphatic hydroxyl groups is 1. The molecule has 79 heavy (non-hydrogen) atoms. The maximum Gasteiger partial charge on any atom is 0.317 e. The average molecular weight is 1110 g/mol. The molecule has 4 N–H and O–H groups in total. The SMILES string of the molecule is CNC(=O)N1CCc2c(c(N3CCCc4cc(-c5cnn(C)c5)c(C(F)F)cc43)nn2C2CCN(C(=O)CCCCCCCC(=O)N[C@H](C(=O)C3C[C@H](O)C[C@H]3C(=O)NCc3ccc(-c4scnc4C)cc3)C(C)(C)C)CC2)C1. The first-order valence-corrected chi connectivity index (χ1v) is 29.1. The molecule has 0 bridgehead atoms. The number of aromatic nitrogens is 5. The van der Waals surface area contributed by atoms with Gasteiger partial charge in [-0.05, 0) is 98.1 Å². The van der Waals surface area contributed by atoms with Crippen LogP contribution in [0, 0.1) is 24.2 Å². The van der Waals surface area contributed by atoms with E-state index in [1.807, 2.05) is 68.4 Å². The summed E-state index contributed by atoms with van der Waals surface area (Å²) in [5, 5.41) is 29.0. The number of halogens is 2. The second-order valence-electron chi connectivity index (χ2n) is 23.1. The largest absolute Gasteiger partial charge is 0.393 e. The van der Waals surface area contributed by atoms with Gasteiger partial charge in [0.1, 0.15) is 0 Å². The van der Waals surface area contributed by atoms with Gasteiger partial charge in [0.2, 0.25) is 17.7 Å². The zero-order chi connectivity index (χ0) is 56.1. The van der Waals surface area contributed by atoms with E-state index in [9.17, 15) is 37.9 Å². The molecule has 17 nitrogen and oxygen atoms in total. The van der Waals surface area contributed by atoms with Crippen LogP contribution in [0.1, 0.15) is 144 Å². The van der Waals surface area contributed by atoms with Crippen molar-refractivity contribution in [3.05, 3.63) is 87.9 Å². The Kier molecular flexibility index (Phi) is 18.0. The van der Waals surface area contributed by atoms with Crippen molar-refractivity contribution in [3.8, 4) is 21.6 Å². The minimum absolute atomic E-state index is 0.0276. The molecule has 1 saturated carbocycles. The molecular weight excluding hydrogens is 1030 g/mol. The number of fused-ring (bicyclic) bond motifs is 2. The maximum atomic E-state index is 14.8. The summed E-state index contributed by atoms with van der Waals surface area (Å²) < 4.78 is 33.3. The van der Waals surface area contributed by atoms with Gasteiger partial charge in [-0.25, -0.2) is 18.6 Å². The summed E-state index contributed by atoms with van der Waals surface area (Å²) in [4.78, 5) is 78.8. The second kappa shape index (κ2) is 24.9. The van der Waals surface area contributed by atoms with Crippen LogP contribution < -0.4 is 20.9 Å². The topological polar surface area (TPSA) is 200 Å². The molecule has 6 heterocycles. The maximum absolute atomic E-state index is 14.8. The first-order valence-electron chi connectivity index (χ1n) is 28.2. The van der Waals surface area contributed by atoms with E-state index in [-0.39, 0.29) is 66.9 Å². The molecule has 3 aliphatic heterocycles. The van der Waals surface area contributed by atoms with Gasteiger partial charge in [0.05, 0.1) is 52.9 Å². The molecule has 424 valence electrons. The Balaban J connectivity index is 0.733. The molecule has 0 radical (unpaired) electrons. The number of alkyl halides is 2. The monoisotopic (exact) mass is 1110 g/mol. The molecule has 3 aromatic heterocycles. The number of benzene rings is 2. The molecular formula is C59H77F2N11O6S. The highest BCUT2D eigenvalue weighted by Crippen LogP contribution is 2.44. The van der Waals surface area contributed by atoms with Gasteiger partial charge in [-0.15, -0.1) is 11.3 Å². The molecule has 1 unspecified atom stereocenters. The van der Waals surface area contributed by atoms with Crippen LogP contribution in [0.3, 0.4) is 0 Å². The Labute approximate surface area is 465 Å². The molecule has 2 aromatic carbocycles. The van der Waals surface area contributed by atoms with Crippen LogP contribution >= 0.6 is 11.3 Å². The lowest BCUT2D eigenvalue weighted by Gasteiger charge is -2.34. The minimum Gasteiger partial charge on any atom is -0.393 e. The number of unbranched alkanes of at least 4 members (excludes halogenated alkanes) is 4. The van der Waals surface area contributed by atoms with Gasteiger partial charge in [-0.2, -0.15) is 10.2 Å². The smallest absolute Gasteiger partial charge is 0.317 e. The lowest BCUT2D eigenvalue weighted by atomic mass is 9.77. The van der Waals surface area contributed by atoms with Crippen molar-refractivity contribution >= 4 is 52.4 Å². The zero-order valence-corrected chi connectivity index (χ0v) is 47.3. The number of piperidine rings is 1. The van der Waals surface area contributed by atoms with Gasteiger partial charge >= 0.3 is 6.03 Å². The van der Waals surface area contributed by atoms with Gasteiger partial charge < -0.3 is 35.8 Å². The summed E-state index contributed by atoms with van der Waals surface area (Å²) in [5.74, 6) is -1.36. The van der Waals surface area contributed by atoms with Gasteiger partial charge in [-0.3, -0.25) is 28.5 Å². The van der Waals surface area contributed by atoms with Crippen LogP contribution in [0.4, 0.5) is 25.1 Å². The molecule has 5 amide bonds. The summed E-state index contributed by atoms with van der Waals surface area (Å²) in [7, 11) is 3.38. The highest BCUT2D eigenvalue weighted by molar-refractivity contribution is 7.13. The van der Waals surface area contributed by atoms with Crippen LogP contribution in [-0.4, -0.2) is 114 Å². The third kappa shape index (κ3) is 13.1. The number of nitrogens with one attached hydrogen (secondary N) is 3. The second-order valence-corrected chi connectivity index (χ2v) is 24.0. The lowest BCUT2D eigenvalue weighted by Crippen LogP contribution is -2.52. The quantitative estimate of drug-likeness (QED) is 0.0578. The van der Waals surface area contributed by atoms with Crippen molar-refractivity contribution in [1.82, 2.24) is 50.3 Å². The number of carbonyl (C=O) groups excluding carboxylic acids is 5. The predicted octanol–water partition coefficient (Wildman–Crippen LogP) is 9.13. The third-order valence-electron chi connectivity index (χ3n) is 16.5. The van der Waals surface area contributed by atoms with Crippen LogP contribution in [-0.2, 0) is 52.2 Å². The number of aryl methyl sites for hydroxylation is 3. The standard InChI is InChI=1S/C59H77F2N11O6S/c1-36-53(79-35-64-36)38-18-16-37(17-19-38)31-63-57(77)46-29-42(73)28-44(46)52(76)54(59(2,3)4)66-50(74)14-10-8-7-9-11-15-51(75)69-24-20-41(21-25-69)72-48-22-26-70(58(78)62-5)34-47(48)56(67-72)71-23-12-13-39-27-43(40-32-65-68(6)33-40)45(55(60)61)30-49(39)71/h16-19,27,30,32-33,35,41-42,44,46,54-55,73H,7-15,20-26,28-29,31,34H2,1-6H3,(H,62,78)(H,63,77)(H,66,74)/t42-,44?,46+,54+/m0/s1. The number of likely N-dealkylation sites (tertiary alicyclic amines) is 1. The van der Waals surface area contributed by atoms with Gasteiger partial charge in [0.15, 0.2) is 11.6 Å². The molecule has 5 aromatic rings. The third-order valence-corrected chi connectivity index (χ3v) is 17.5. The minimum atomic E-state index is -2.70. The molecule has 1 saturated heterocycles. The van der Waals surface area contributed by atoms with Gasteiger partial charge in [0.25, 0.3) is 6.43 Å². The van der Waals surface area contributed by atoms with E-state index >= 15 is 0 Å². The summed E-state index contributed by atoms with van der Waals surface area (Å²) in [6.07, 6.45) is 8.34. The molecule has 1 aliphatic carbocycles. The van der Waals surface area contributed by atoms with Crippen molar-refractivity contribution in [1.29, 1.82) is 0 Å². The first-order chi connectivity index (χ1) is 37.9. The van der Waals surface area contributed by atoms with Crippen molar-refractivity contribution in [3.63, 3.8) is 0 Å². The number of anilines is 2. The first kappa shape index (κ1) is 57.2. The Hall–Kier alpha value is -6.54. The van der Waals surface area contributed by atoms with Crippen LogP contribution in [0.5, 0.6) is 0 Å². The van der Waals surface area contributed by atoms with Gasteiger partial charge in [-0.1, -0.05) is 64.3 Å². The van der Waals surface area contributed by atoms with Gasteiger partial charge in [0, 0.05) is 106 Å². The molecule has 4 aliphatic rings. The summed E-state index contributed by atoms with van der Waals surface area (Å²) in [6, 6.07) is 10.4. The number of nitrogens with zero attached hydrogens (tertiary/aromatic N) is 8.